The van der Waals surface area contributed by atoms with Crippen molar-refractivity contribution in [1.29, 1.82) is 0 Å². The molecule has 2 aromatic rings. The molecule has 11 heteroatoms. The van der Waals surface area contributed by atoms with Crippen molar-refractivity contribution in [3.8, 4) is 10.4 Å². The Hall–Kier alpha value is -1.95. The number of nitrogens with zero attached hydrogens (tertiary/aromatic N) is 1. The summed E-state index contributed by atoms with van der Waals surface area (Å²) in [5.74, 6) is -3.28. The molecule has 7 nitrogen and oxygen atoms in total. The Kier molecular flexibility index (Phi) is 9.15. The van der Waals surface area contributed by atoms with Gasteiger partial charge < -0.3 is 10.1 Å². The van der Waals surface area contributed by atoms with Crippen molar-refractivity contribution in [2.45, 2.75) is 101 Å². The van der Waals surface area contributed by atoms with Crippen molar-refractivity contribution in [1.82, 2.24) is 15.0 Å². The van der Waals surface area contributed by atoms with Crippen LogP contribution < -0.4 is 10.0 Å². The van der Waals surface area contributed by atoms with Gasteiger partial charge in [-0.1, -0.05) is 38.2 Å². The van der Waals surface area contributed by atoms with E-state index in [-0.39, 0.29) is 11.9 Å². The molecule has 1 aliphatic heterocycles. The summed E-state index contributed by atoms with van der Waals surface area (Å²) in [6.07, 6.45) is 7.72. The third kappa shape index (κ3) is 7.83. The fraction of sp³-hybridized carbons (Fsp3) is 0.643. The van der Waals surface area contributed by atoms with Crippen LogP contribution in [0.15, 0.2) is 23.1 Å². The van der Waals surface area contributed by atoms with E-state index in [1.165, 1.54) is 29.9 Å². The molecule has 1 aliphatic carbocycles. The lowest BCUT2D eigenvalue weighted by Crippen LogP contribution is -2.41. The molecular weight excluding hydrogens is 544 g/mol. The van der Waals surface area contributed by atoms with Gasteiger partial charge in [-0.3, -0.25) is 4.79 Å². The molecule has 1 saturated carbocycles. The van der Waals surface area contributed by atoms with E-state index in [2.05, 4.69) is 10.0 Å². The van der Waals surface area contributed by atoms with Crippen molar-refractivity contribution in [2.24, 2.45) is 5.92 Å². The van der Waals surface area contributed by atoms with Gasteiger partial charge in [-0.2, -0.15) is 0 Å². The van der Waals surface area contributed by atoms with Crippen molar-refractivity contribution < 1.29 is 26.7 Å². The summed E-state index contributed by atoms with van der Waals surface area (Å²) in [6, 6.07) is 4.03. The number of benzene rings is 1. The Bertz CT molecular complexity index is 1270. The zero-order valence-corrected chi connectivity index (χ0v) is 24.7. The van der Waals surface area contributed by atoms with Gasteiger partial charge in [0.1, 0.15) is 0 Å². The molecule has 4 rings (SSSR count). The number of thiazole rings is 1. The highest BCUT2D eigenvalue weighted by atomic mass is 32.2. The predicted octanol–water partition coefficient (Wildman–Crippen LogP) is 6.03. The molecule has 2 N–H and O–H groups in total. The second kappa shape index (κ2) is 11.9. The van der Waals surface area contributed by atoms with Gasteiger partial charge in [0.2, 0.25) is 10.0 Å². The van der Waals surface area contributed by atoms with Gasteiger partial charge in [0.15, 0.2) is 5.01 Å². The summed E-state index contributed by atoms with van der Waals surface area (Å²) in [5, 5.41) is 3.33. The van der Waals surface area contributed by atoms with E-state index in [0.29, 0.717) is 53.6 Å². The number of nitrogens with one attached hydrogen (secondary N) is 2. The number of aromatic nitrogens is 1. The Morgan fingerprint density at radius 1 is 1.08 bits per heavy atom. The van der Waals surface area contributed by atoms with Crippen LogP contribution in [0, 0.1) is 5.92 Å². The number of sulfonamides is 1. The molecule has 0 radical (unpaired) electrons. The van der Waals surface area contributed by atoms with Crippen LogP contribution in [0.1, 0.15) is 93.7 Å². The molecule has 0 unspecified atom stereocenters. The first kappa shape index (κ1) is 30.0. The van der Waals surface area contributed by atoms with E-state index >= 15 is 0 Å². The van der Waals surface area contributed by atoms with Crippen LogP contribution in [0.4, 0.5) is 8.78 Å². The minimum absolute atomic E-state index is 0.00517. The summed E-state index contributed by atoms with van der Waals surface area (Å²) < 4.78 is 63.7. The monoisotopic (exact) mass is 583 g/mol. The summed E-state index contributed by atoms with van der Waals surface area (Å²) in [5.41, 5.74) is -0.274. The maximum Gasteiger partial charge on any atom is 0.280 e. The third-order valence-electron chi connectivity index (χ3n) is 7.10. The number of hydrogen-bond acceptors (Lipinski definition) is 6. The van der Waals surface area contributed by atoms with E-state index in [9.17, 15) is 22.0 Å². The first-order chi connectivity index (χ1) is 18.2. The fourth-order valence-electron chi connectivity index (χ4n) is 5.27. The second-order valence-electron chi connectivity index (χ2n) is 11.8. The van der Waals surface area contributed by atoms with E-state index in [1.807, 2.05) is 0 Å². The lowest BCUT2D eigenvalue weighted by Gasteiger charge is -2.23. The predicted molar refractivity (Wildman–Crippen MR) is 149 cm³/mol. The summed E-state index contributed by atoms with van der Waals surface area (Å²) in [4.78, 5) is 18.0. The molecule has 0 bridgehead atoms. The maximum absolute atomic E-state index is 14.9. The number of ether oxygens (including phenoxy) is 1. The largest absolute Gasteiger partial charge is 0.381 e. The smallest absolute Gasteiger partial charge is 0.280 e. The van der Waals surface area contributed by atoms with Crippen molar-refractivity contribution >= 4 is 27.3 Å². The number of halogens is 2. The fourth-order valence-corrected chi connectivity index (χ4v) is 7.96. The average molecular weight is 584 g/mol. The van der Waals surface area contributed by atoms with Gasteiger partial charge in [-0.15, -0.1) is 11.3 Å². The molecular formula is C28H39F2N3O4S2. The summed E-state index contributed by atoms with van der Waals surface area (Å²) >= 11 is 1.18. The molecule has 1 aromatic carbocycles. The number of carbonyl (C=O) groups is 1. The summed E-state index contributed by atoms with van der Waals surface area (Å²) in [7, 11) is -4.20. The van der Waals surface area contributed by atoms with Crippen molar-refractivity contribution in [3.05, 3.63) is 34.5 Å². The zero-order valence-electron chi connectivity index (χ0n) is 23.1. The van der Waals surface area contributed by atoms with Crippen LogP contribution in [-0.2, 0) is 27.1 Å². The Morgan fingerprint density at radius 3 is 2.36 bits per heavy atom. The number of alkyl halides is 2. The van der Waals surface area contributed by atoms with Gasteiger partial charge in [0.05, 0.1) is 15.5 Å². The lowest BCUT2D eigenvalue weighted by molar-refractivity contribution is 0.0144. The highest BCUT2D eigenvalue weighted by Crippen LogP contribution is 2.40. The highest BCUT2D eigenvalue weighted by molar-refractivity contribution is 7.89. The highest BCUT2D eigenvalue weighted by Gasteiger charge is 2.35. The molecule has 1 saturated heterocycles. The molecule has 1 amide bonds. The molecule has 216 valence electrons. The van der Waals surface area contributed by atoms with E-state index in [0.717, 1.165) is 38.5 Å². The number of hydrogen-bond donors (Lipinski definition) is 2. The maximum atomic E-state index is 14.9. The molecule has 0 atom stereocenters. The van der Waals surface area contributed by atoms with E-state index < -0.39 is 31.9 Å². The molecule has 2 fully saturated rings. The number of rotatable bonds is 8. The normalized spacial score (nSPS) is 18.3. The SMILES string of the molecule is CC(C)(C)NS(=O)(=O)c1ccc(-c2sc(C(=O)NC3CCOCC3)nc2CC2CCCCC2)cc1C(C)(F)F. The molecule has 39 heavy (non-hydrogen) atoms. The van der Waals surface area contributed by atoms with E-state index in [4.69, 9.17) is 9.72 Å². The molecule has 0 spiro atoms. The molecule has 2 heterocycles. The van der Waals surface area contributed by atoms with Gasteiger partial charge in [-0.05, 0) is 63.6 Å². The van der Waals surface area contributed by atoms with Gasteiger partial charge in [-0.25, -0.2) is 26.9 Å². The Balaban J connectivity index is 1.74. The lowest BCUT2D eigenvalue weighted by atomic mass is 9.85. The minimum atomic E-state index is -4.20. The number of carbonyl (C=O) groups excluding carboxylic acids is 1. The van der Waals surface area contributed by atoms with Crippen LogP contribution in [0.25, 0.3) is 10.4 Å². The third-order valence-corrected chi connectivity index (χ3v) is 10.1. The van der Waals surface area contributed by atoms with Crippen LogP contribution in [0.3, 0.4) is 0 Å². The Morgan fingerprint density at radius 2 is 1.74 bits per heavy atom. The van der Waals surface area contributed by atoms with Gasteiger partial charge in [0, 0.05) is 37.3 Å². The van der Waals surface area contributed by atoms with Gasteiger partial charge >= 0.3 is 0 Å². The second-order valence-corrected chi connectivity index (χ2v) is 14.5. The first-order valence-corrected chi connectivity index (χ1v) is 16.0. The van der Waals surface area contributed by atoms with Crippen LogP contribution >= 0.6 is 11.3 Å². The Labute approximate surface area is 234 Å². The quantitative estimate of drug-likeness (QED) is 0.396. The standard InChI is InChI=1S/C28H39F2N3O4S2/c1-27(2,3)33-39(35,36)23-11-10-19(17-21(23)28(4,29)30)24-22(16-18-8-6-5-7-9-18)32-26(38-24)25(34)31-20-12-14-37-15-13-20/h10-11,17-18,20,33H,5-9,12-16H2,1-4H3,(H,31,34). The minimum Gasteiger partial charge on any atom is -0.381 e. The van der Waals surface area contributed by atoms with Crippen LogP contribution in [0.2, 0.25) is 0 Å². The average Bonchev–Trinajstić information content (AvgIpc) is 3.27. The topological polar surface area (TPSA) is 97.4 Å². The van der Waals surface area contributed by atoms with Crippen LogP contribution in [-0.4, -0.2) is 44.1 Å². The summed E-state index contributed by atoms with van der Waals surface area (Å²) in [6.45, 7) is 6.85. The van der Waals surface area contributed by atoms with Crippen molar-refractivity contribution in [2.75, 3.05) is 13.2 Å². The van der Waals surface area contributed by atoms with Crippen molar-refractivity contribution in [3.63, 3.8) is 0 Å². The first-order valence-electron chi connectivity index (χ1n) is 13.7. The van der Waals surface area contributed by atoms with E-state index in [1.54, 1.807) is 26.8 Å². The zero-order chi connectivity index (χ0) is 28.4. The number of amides is 1. The van der Waals surface area contributed by atoms with Crippen LogP contribution in [0.5, 0.6) is 0 Å². The van der Waals surface area contributed by atoms with Gasteiger partial charge in [0.25, 0.3) is 11.8 Å². The molecule has 2 aliphatic rings. The molecule has 1 aromatic heterocycles.